The number of esters is 1. The maximum atomic E-state index is 12.3. The van der Waals surface area contributed by atoms with Gasteiger partial charge in [-0.25, -0.2) is 4.79 Å². The van der Waals surface area contributed by atoms with Crippen molar-refractivity contribution in [2.24, 2.45) is 0 Å². The molecule has 2 aromatic carbocycles. The molecule has 0 fully saturated rings. The lowest BCUT2D eigenvalue weighted by molar-refractivity contribution is -0.118. The highest BCUT2D eigenvalue weighted by Crippen LogP contribution is 2.25. The number of hydrogen-bond acceptors (Lipinski definition) is 4. The second-order valence-electron chi connectivity index (χ2n) is 6.72. The fourth-order valence-corrected chi connectivity index (χ4v) is 3.23. The van der Waals surface area contributed by atoms with Crippen molar-refractivity contribution in [2.45, 2.75) is 39.5 Å². The Morgan fingerprint density at radius 2 is 1.81 bits per heavy atom. The van der Waals surface area contributed by atoms with Crippen molar-refractivity contribution >= 4 is 17.6 Å². The molecule has 1 aliphatic carbocycles. The topological polar surface area (TPSA) is 64.6 Å². The third kappa shape index (κ3) is 4.88. The van der Waals surface area contributed by atoms with Crippen LogP contribution < -0.4 is 10.1 Å². The van der Waals surface area contributed by atoms with Gasteiger partial charge in [-0.15, -0.1) is 0 Å². The van der Waals surface area contributed by atoms with Crippen molar-refractivity contribution in [3.8, 4) is 5.75 Å². The molecule has 5 nitrogen and oxygen atoms in total. The number of amides is 1. The minimum atomic E-state index is -0.404. The molecule has 2 aromatic rings. The Morgan fingerprint density at radius 1 is 1.04 bits per heavy atom. The first-order chi connectivity index (χ1) is 13.1. The zero-order valence-corrected chi connectivity index (χ0v) is 15.8. The van der Waals surface area contributed by atoms with E-state index in [9.17, 15) is 9.59 Å². The van der Waals surface area contributed by atoms with Crippen LogP contribution in [0.15, 0.2) is 36.4 Å². The number of anilines is 1. The summed E-state index contributed by atoms with van der Waals surface area (Å²) in [5.41, 5.74) is 4.56. The molecule has 3 rings (SSSR count). The summed E-state index contributed by atoms with van der Waals surface area (Å²) in [6, 6.07) is 11.1. The van der Waals surface area contributed by atoms with Crippen LogP contribution in [0.1, 0.15) is 46.8 Å². The molecule has 0 heterocycles. The van der Waals surface area contributed by atoms with Crippen molar-refractivity contribution in [3.63, 3.8) is 0 Å². The molecule has 0 radical (unpaired) electrons. The summed E-state index contributed by atoms with van der Waals surface area (Å²) in [7, 11) is 0. The van der Waals surface area contributed by atoms with Crippen molar-refractivity contribution in [3.05, 3.63) is 58.7 Å². The van der Waals surface area contributed by atoms with Crippen LogP contribution in [0.2, 0.25) is 0 Å². The predicted molar refractivity (Wildman–Crippen MR) is 104 cm³/mol. The summed E-state index contributed by atoms with van der Waals surface area (Å²) in [4.78, 5) is 24.1. The van der Waals surface area contributed by atoms with E-state index in [0.29, 0.717) is 23.6 Å². The van der Waals surface area contributed by atoms with E-state index in [4.69, 9.17) is 9.47 Å². The molecule has 5 heteroatoms. The minimum Gasteiger partial charge on any atom is -0.484 e. The van der Waals surface area contributed by atoms with E-state index in [2.05, 4.69) is 11.4 Å². The minimum absolute atomic E-state index is 0.0815. The van der Waals surface area contributed by atoms with E-state index in [1.54, 1.807) is 25.1 Å². The molecule has 0 aromatic heterocycles. The fourth-order valence-electron chi connectivity index (χ4n) is 3.23. The summed E-state index contributed by atoms with van der Waals surface area (Å²) in [6.45, 7) is 3.85. The van der Waals surface area contributed by atoms with Gasteiger partial charge in [-0.2, -0.15) is 0 Å². The first-order valence-corrected chi connectivity index (χ1v) is 9.39. The Hall–Kier alpha value is -2.82. The van der Waals surface area contributed by atoms with Crippen LogP contribution in [-0.4, -0.2) is 25.1 Å². The average Bonchev–Trinajstić information content (AvgIpc) is 2.68. The predicted octanol–water partition coefficient (Wildman–Crippen LogP) is 4.07. The maximum absolute atomic E-state index is 12.3. The third-order valence-corrected chi connectivity index (χ3v) is 4.71. The summed E-state index contributed by atoms with van der Waals surface area (Å²) >= 11 is 0. The normalized spacial score (nSPS) is 12.8. The number of benzene rings is 2. The number of ether oxygens (including phenoxy) is 2. The van der Waals surface area contributed by atoms with Gasteiger partial charge in [0, 0.05) is 5.69 Å². The Morgan fingerprint density at radius 3 is 2.59 bits per heavy atom. The lowest BCUT2D eigenvalue weighted by Crippen LogP contribution is -2.21. The lowest BCUT2D eigenvalue weighted by atomic mass is 9.92. The van der Waals surface area contributed by atoms with Gasteiger partial charge in [0.2, 0.25) is 0 Å². The second kappa shape index (κ2) is 8.71. The number of aryl methyl sites for hydroxylation is 3. The zero-order valence-electron chi connectivity index (χ0n) is 15.8. The lowest BCUT2D eigenvalue weighted by Gasteiger charge is -2.17. The number of hydrogen-bond donors (Lipinski definition) is 1. The quantitative estimate of drug-likeness (QED) is 0.782. The van der Waals surface area contributed by atoms with Crippen molar-refractivity contribution in [1.29, 1.82) is 0 Å². The van der Waals surface area contributed by atoms with E-state index in [1.165, 1.54) is 24.0 Å². The SMILES string of the molecule is CCOC(=O)c1ccc(C)c(NC(=O)COc2ccc3c(c2)CCCC3)c1. The Kier molecular flexibility index (Phi) is 6.12. The standard InChI is InChI=1S/C22H25NO4/c1-3-26-22(25)18-9-8-15(2)20(13-18)23-21(24)14-27-19-11-10-16-6-4-5-7-17(16)12-19/h8-13H,3-7,14H2,1-2H3,(H,23,24). The highest BCUT2D eigenvalue weighted by atomic mass is 16.5. The summed E-state index contributed by atoms with van der Waals surface area (Å²) in [5.74, 6) is 0.0398. The van der Waals surface area contributed by atoms with Gasteiger partial charge in [0.05, 0.1) is 12.2 Å². The van der Waals surface area contributed by atoms with Crippen LogP contribution in [0.25, 0.3) is 0 Å². The average molecular weight is 367 g/mol. The van der Waals surface area contributed by atoms with E-state index in [-0.39, 0.29) is 12.5 Å². The van der Waals surface area contributed by atoms with E-state index in [0.717, 1.165) is 18.4 Å². The molecule has 0 aliphatic heterocycles. The van der Waals surface area contributed by atoms with Gasteiger partial charge in [0.15, 0.2) is 6.61 Å². The van der Waals surface area contributed by atoms with Crippen LogP contribution >= 0.6 is 0 Å². The van der Waals surface area contributed by atoms with Crippen LogP contribution in [0, 0.1) is 6.92 Å². The molecule has 0 atom stereocenters. The third-order valence-electron chi connectivity index (χ3n) is 4.71. The van der Waals surface area contributed by atoms with Gasteiger partial charge < -0.3 is 14.8 Å². The summed E-state index contributed by atoms with van der Waals surface area (Å²) < 4.78 is 10.7. The molecule has 0 unspecified atom stereocenters. The summed E-state index contributed by atoms with van der Waals surface area (Å²) in [5, 5.41) is 2.81. The van der Waals surface area contributed by atoms with Gasteiger partial charge in [-0.1, -0.05) is 12.1 Å². The number of rotatable bonds is 6. The molecular formula is C22H25NO4. The number of nitrogens with one attached hydrogen (secondary N) is 1. The highest BCUT2D eigenvalue weighted by Gasteiger charge is 2.13. The largest absolute Gasteiger partial charge is 0.484 e. The van der Waals surface area contributed by atoms with E-state index >= 15 is 0 Å². The molecule has 142 valence electrons. The molecule has 0 bridgehead atoms. The summed E-state index contributed by atoms with van der Waals surface area (Å²) in [6.07, 6.45) is 4.62. The van der Waals surface area contributed by atoms with Crippen molar-refractivity contribution in [2.75, 3.05) is 18.5 Å². The molecule has 0 saturated carbocycles. The molecular weight excluding hydrogens is 342 g/mol. The number of carbonyl (C=O) groups is 2. The monoisotopic (exact) mass is 367 g/mol. The van der Waals surface area contributed by atoms with Crippen LogP contribution in [0.3, 0.4) is 0 Å². The Bertz CT molecular complexity index is 844. The maximum Gasteiger partial charge on any atom is 0.338 e. The van der Waals surface area contributed by atoms with Crippen molar-refractivity contribution in [1.82, 2.24) is 0 Å². The highest BCUT2D eigenvalue weighted by molar-refractivity contribution is 5.96. The number of carbonyl (C=O) groups excluding carboxylic acids is 2. The first kappa shape index (κ1) is 19.0. The van der Waals surface area contributed by atoms with Crippen LogP contribution in [0.5, 0.6) is 5.75 Å². The fraction of sp³-hybridized carbons (Fsp3) is 0.364. The molecule has 1 aliphatic rings. The molecule has 0 spiro atoms. The molecule has 27 heavy (non-hydrogen) atoms. The van der Waals surface area contributed by atoms with Crippen molar-refractivity contribution < 1.29 is 19.1 Å². The van der Waals surface area contributed by atoms with Gasteiger partial charge in [-0.05, 0) is 80.5 Å². The van der Waals surface area contributed by atoms with Gasteiger partial charge in [-0.3, -0.25) is 4.79 Å². The molecule has 0 saturated heterocycles. The number of fused-ring (bicyclic) bond motifs is 1. The zero-order chi connectivity index (χ0) is 19.2. The van der Waals surface area contributed by atoms with Gasteiger partial charge in [0.1, 0.15) is 5.75 Å². The molecule has 1 N–H and O–H groups in total. The smallest absolute Gasteiger partial charge is 0.338 e. The van der Waals surface area contributed by atoms with E-state index in [1.807, 2.05) is 19.1 Å². The molecule has 1 amide bonds. The second-order valence-corrected chi connectivity index (χ2v) is 6.72. The first-order valence-electron chi connectivity index (χ1n) is 9.39. The van der Waals surface area contributed by atoms with E-state index < -0.39 is 5.97 Å². The Labute approximate surface area is 159 Å². The van der Waals surface area contributed by atoms with Gasteiger partial charge >= 0.3 is 5.97 Å². The van der Waals surface area contributed by atoms with Crippen LogP contribution in [0.4, 0.5) is 5.69 Å². The Balaban J connectivity index is 1.61. The van der Waals surface area contributed by atoms with Gasteiger partial charge in [0.25, 0.3) is 5.91 Å². The van der Waals surface area contributed by atoms with Crippen LogP contribution in [-0.2, 0) is 22.4 Å².